The van der Waals surface area contributed by atoms with E-state index in [-0.39, 0.29) is 5.91 Å². The van der Waals surface area contributed by atoms with E-state index in [2.05, 4.69) is 30.6 Å². The highest BCUT2D eigenvalue weighted by Crippen LogP contribution is 2.17. The van der Waals surface area contributed by atoms with E-state index in [1.54, 1.807) is 12.1 Å². The summed E-state index contributed by atoms with van der Waals surface area (Å²) in [6.07, 6.45) is 0.364. The highest BCUT2D eigenvalue weighted by atomic mass is 16.1. The SMILES string of the molecule is CC(C)c1ccc(NC(=O)CCNc2cccc(C#N)c2)cc1. The predicted octanol–water partition coefficient (Wildman–Crippen LogP) is 4.12. The molecule has 0 spiro atoms. The maximum atomic E-state index is 11.9. The van der Waals surface area contributed by atoms with E-state index < -0.39 is 0 Å². The van der Waals surface area contributed by atoms with E-state index in [0.717, 1.165) is 11.4 Å². The first-order chi connectivity index (χ1) is 11.1. The number of amides is 1. The molecule has 4 heteroatoms. The summed E-state index contributed by atoms with van der Waals surface area (Å²) >= 11 is 0. The zero-order valence-corrected chi connectivity index (χ0v) is 13.5. The van der Waals surface area contributed by atoms with Gasteiger partial charge in [-0.25, -0.2) is 0 Å². The third-order valence-electron chi connectivity index (χ3n) is 3.53. The summed E-state index contributed by atoms with van der Waals surface area (Å²) in [4.78, 5) is 11.9. The maximum absolute atomic E-state index is 11.9. The number of rotatable bonds is 6. The van der Waals surface area contributed by atoms with Crippen LogP contribution in [0.25, 0.3) is 0 Å². The van der Waals surface area contributed by atoms with Gasteiger partial charge in [-0.1, -0.05) is 32.0 Å². The zero-order chi connectivity index (χ0) is 16.7. The zero-order valence-electron chi connectivity index (χ0n) is 13.5. The van der Waals surface area contributed by atoms with Crippen LogP contribution in [-0.2, 0) is 4.79 Å². The Morgan fingerprint density at radius 3 is 2.52 bits per heavy atom. The molecule has 0 heterocycles. The van der Waals surface area contributed by atoms with Crippen molar-refractivity contribution in [1.29, 1.82) is 5.26 Å². The number of carbonyl (C=O) groups is 1. The molecule has 0 aliphatic heterocycles. The molecule has 0 bridgehead atoms. The third kappa shape index (κ3) is 5.15. The average Bonchev–Trinajstić information content (AvgIpc) is 2.55. The molecule has 118 valence electrons. The predicted molar refractivity (Wildman–Crippen MR) is 93.4 cm³/mol. The minimum absolute atomic E-state index is 0.0359. The highest BCUT2D eigenvalue weighted by molar-refractivity contribution is 5.91. The van der Waals surface area contributed by atoms with Crippen LogP contribution in [0.15, 0.2) is 48.5 Å². The van der Waals surface area contributed by atoms with Gasteiger partial charge in [0.1, 0.15) is 0 Å². The monoisotopic (exact) mass is 307 g/mol. The van der Waals surface area contributed by atoms with Crippen molar-refractivity contribution in [3.63, 3.8) is 0 Å². The van der Waals surface area contributed by atoms with Crippen molar-refractivity contribution in [2.45, 2.75) is 26.2 Å². The second-order valence-corrected chi connectivity index (χ2v) is 5.69. The molecule has 0 saturated heterocycles. The summed E-state index contributed by atoms with van der Waals surface area (Å²) in [5.74, 6) is 0.444. The molecule has 0 aliphatic carbocycles. The number of benzene rings is 2. The summed E-state index contributed by atoms with van der Waals surface area (Å²) in [6, 6.07) is 17.2. The number of nitrogens with zero attached hydrogens (tertiary/aromatic N) is 1. The van der Waals surface area contributed by atoms with E-state index in [4.69, 9.17) is 5.26 Å². The van der Waals surface area contributed by atoms with Gasteiger partial charge in [0, 0.05) is 24.3 Å². The summed E-state index contributed by atoms with van der Waals surface area (Å²) in [5.41, 5.74) is 3.51. The van der Waals surface area contributed by atoms with Crippen molar-refractivity contribution in [3.8, 4) is 6.07 Å². The van der Waals surface area contributed by atoms with Gasteiger partial charge in [-0.3, -0.25) is 4.79 Å². The highest BCUT2D eigenvalue weighted by Gasteiger charge is 2.04. The van der Waals surface area contributed by atoms with Crippen LogP contribution in [0, 0.1) is 11.3 Å². The normalized spacial score (nSPS) is 10.2. The number of nitriles is 1. The van der Waals surface area contributed by atoms with Crippen molar-refractivity contribution < 1.29 is 4.79 Å². The van der Waals surface area contributed by atoms with E-state index in [1.165, 1.54) is 5.56 Å². The molecule has 0 fully saturated rings. The van der Waals surface area contributed by atoms with Crippen molar-refractivity contribution >= 4 is 17.3 Å². The van der Waals surface area contributed by atoms with Crippen LogP contribution in [0.5, 0.6) is 0 Å². The number of carbonyl (C=O) groups excluding carboxylic acids is 1. The third-order valence-corrected chi connectivity index (χ3v) is 3.53. The van der Waals surface area contributed by atoms with Gasteiger partial charge in [-0.05, 0) is 41.8 Å². The number of nitrogens with one attached hydrogen (secondary N) is 2. The van der Waals surface area contributed by atoms with E-state index >= 15 is 0 Å². The molecule has 2 aromatic carbocycles. The second kappa shape index (κ2) is 8.00. The first kappa shape index (κ1) is 16.6. The van der Waals surface area contributed by atoms with Gasteiger partial charge in [-0.2, -0.15) is 5.26 Å². The van der Waals surface area contributed by atoms with Crippen LogP contribution in [0.2, 0.25) is 0 Å². The van der Waals surface area contributed by atoms with Crippen LogP contribution < -0.4 is 10.6 Å². The van der Waals surface area contributed by atoms with Gasteiger partial charge < -0.3 is 10.6 Å². The van der Waals surface area contributed by atoms with Crippen molar-refractivity contribution in [3.05, 3.63) is 59.7 Å². The van der Waals surface area contributed by atoms with Crippen LogP contribution >= 0.6 is 0 Å². The quantitative estimate of drug-likeness (QED) is 0.843. The Bertz CT molecular complexity index is 699. The molecule has 0 saturated carbocycles. The molecular formula is C19H21N3O. The molecule has 23 heavy (non-hydrogen) atoms. The summed E-state index contributed by atoms with van der Waals surface area (Å²) in [7, 11) is 0. The number of anilines is 2. The maximum Gasteiger partial charge on any atom is 0.226 e. The van der Waals surface area contributed by atoms with Crippen molar-refractivity contribution in [2.24, 2.45) is 0 Å². The molecule has 4 nitrogen and oxygen atoms in total. The minimum atomic E-state index is -0.0359. The summed E-state index contributed by atoms with van der Waals surface area (Å²) < 4.78 is 0. The van der Waals surface area contributed by atoms with Crippen LogP contribution in [0.3, 0.4) is 0 Å². The molecule has 0 radical (unpaired) electrons. The Morgan fingerprint density at radius 1 is 1.13 bits per heavy atom. The first-order valence-electron chi connectivity index (χ1n) is 7.72. The number of hydrogen-bond donors (Lipinski definition) is 2. The van der Waals surface area contributed by atoms with Crippen molar-refractivity contribution in [1.82, 2.24) is 0 Å². The van der Waals surface area contributed by atoms with E-state index in [0.29, 0.717) is 24.4 Å². The van der Waals surface area contributed by atoms with Crippen LogP contribution in [0.4, 0.5) is 11.4 Å². The van der Waals surface area contributed by atoms with Crippen molar-refractivity contribution in [2.75, 3.05) is 17.2 Å². The lowest BCUT2D eigenvalue weighted by Crippen LogP contribution is -2.16. The Hall–Kier alpha value is -2.80. The Morgan fingerprint density at radius 2 is 1.87 bits per heavy atom. The Labute approximate surface area is 137 Å². The van der Waals surface area contributed by atoms with E-state index in [9.17, 15) is 4.79 Å². The molecular weight excluding hydrogens is 286 g/mol. The Kier molecular flexibility index (Phi) is 5.76. The fraction of sp³-hybridized carbons (Fsp3) is 0.263. The van der Waals surface area contributed by atoms with Gasteiger partial charge in [0.2, 0.25) is 5.91 Å². The fourth-order valence-corrected chi connectivity index (χ4v) is 2.19. The number of hydrogen-bond acceptors (Lipinski definition) is 3. The first-order valence-corrected chi connectivity index (χ1v) is 7.72. The molecule has 2 N–H and O–H groups in total. The average molecular weight is 307 g/mol. The second-order valence-electron chi connectivity index (χ2n) is 5.69. The molecule has 1 amide bonds. The fourth-order valence-electron chi connectivity index (χ4n) is 2.19. The standard InChI is InChI=1S/C19H21N3O/c1-14(2)16-6-8-17(9-7-16)22-19(23)10-11-21-18-5-3-4-15(12-18)13-20/h3-9,12,14,21H,10-11H2,1-2H3,(H,22,23). The summed E-state index contributed by atoms with van der Waals surface area (Å²) in [5, 5.41) is 14.9. The molecule has 0 unspecified atom stereocenters. The molecule has 2 aromatic rings. The van der Waals surface area contributed by atoms with Crippen LogP contribution in [-0.4, -0.2) is 12.5 Å². The Balaban J connectivity index is 1.79. The molecule has 0 atom stereocenters. The lowest BCUT2D eigenvalue weighted by molar-refractivity contribution is -0.115. The van der Waals surface area contributed by atoms with Gasteiger partial charge in [0.05, 0.1) is 11.6 Å². The van der Waals surface area contributed by atoms with Gasteiger partial charge in [-0.15, -0.1) is 0 Å². The van der Waals surface area contributed by atoms with Gasteiger partial charge in [0.25, 0.3) is 0 Å². The molecule has 2 rings (SSSR count). The lowest BCUT2D eigenvalue weighted by Gasteiger charge is -2.09. The largest absolute Gasteiger partial charge is 0.384 e. The molecule has 0 aromatic heterocycles. The smallest absolute Gasteiger partial charge is 0.226 e. The molecule has 0 aliphatic rings. The van der Waals surface area contributed by atoms with Crippen LogP contribution in [0.1, 0.15) is 37.3 Å². The van der Waals surface area contributed by atoms with Gasteiger partial charge >= 0.3 is 0 Å². The topological polar surface area (TPSA) is 64.9 Å². The lowest BCUT2D eigenvalue weighted by atomic mass is 10.0. The van der Waals surface area contributed by atoms with Gasteiger partial charge in [0.15, 0.2) is 0 Å². The summed E-state index contributed by atoms with van der Waals surface area (Å²) in [6.45, 7) is 4.80. The van der Waals surface area contributed by atoms with E-state index in [1.807, 2.05) is 36.4 Å². The minimum Gasteiger partial charge on any atom is -0.384 e.